The Balaban J connectivity index is 1.78. The quantitative estimate of drug-likeness (QED) is 0.887. The number of carbonyl (C=O) groups excluding carboxylic acids is 1. The third-order valence-corrected chi connectivity index (χ3v) is 4.41. The molecule has 0 spiro atoms. The second kappa shape index (κ2) is 7.84. The Bertz CT molecular complexity index is 671. The number of benzene rings is 2. The average Bonchev–Trinajstić information content (AvgIpc) is 2.48. The van der Waals surface area contributed by atoms with Crippen molar-refractivity contribution in [3.63, 3.8) is 0 Å². The fourth-order valence-electron chi connectivity index (χ4n) is 2.02. The Morgan fingerprint density at radius 2 is 1.91 bits per heavy atom. The van der Waals surface area contributed by atoms with Crippen LogP contribution in [0.25, 0.3) is 0 Å². The smallest absolute Gasteiger partial charge is 0.225 e. The number of hydrogen-bond acceptors (Lipinski definition) is 2. The summed E-state index contributed by atoms with van der Waals surface area (Å²) in [6.45, 7) is 1.99. The molecular weight excluding hydrogens is 301 g/mol. The highest BCUT2D eigenvalue weighted by molar-refractivity contribution is 7.84. The first-order chi connectivity index (χ1) is 10.5. The monoisotopic (exact) mass is 319 g/mol. The van der Waals surface area contributed by atoms with Gasteiger partial charge in [0.2, 0.25) is 5.91 Å². The van der Waals surface area contributed by atoms with Gasteiger partial charge in [0.05, 0.1) is 0 Å². The van der Waals surface area contributed by atoms with Crippen LogP contribution in [0.3, 0.4) is 0 Å². The van der Waals surface area contributed by atoms with Gasteiger partial charge in [-0.2, -0.15) is 0 Å². The van der Waals surface area contributed by atoms with Gasteiger partial charge in [0.15, 0.2) is 0 Å². The van der Waals surface area contributed by atoms with Crippen molar-refractivity contribution in [1.82, 2.24) is 0 Å². The van der Waals surface area contributed by atoms with E-state index in [1.807, 2.05) is 31.2 Å². The Labute approximate surface area is 132 Å². The molecule has 116 valence electrons. The minimum atomic E-state index is -1.08. The normalized spacial score (nSPS) is 11.9. The molecule has 3 nitrogen and oxygen atoms in total. The largest absolute Gasteiger partial charge is 0.326 e. The number of anilines is 1. The number of halogens is 1. The van der Waals surface area contributed by atoms with Crippen molar-refractivity contribution in [3.8, 4) is 0 Å². The van der Waals surface area contributed by atoms with Gasteiger partial charge in [-0.15, -0.1) is 0 Å². The van der Waals surface area contributed by atoms with Gasteiger partial charge in [-0.05, 0) is 36.8 Å². The molecule has 0 bridgehead atoms. The molecule has 1 atom stereocenters. The number of amides is 1. The molecule has 0 heterocycles. The zero-order chi connectivity index (χ0) is 15.9. The summed E-state index contributed by atoms with van der Waals surface area (Å²) in [5, 5.41) is 2.66. The molecule has 1 amide bonds. The number of hydrogen-bond donors (Lipinski definition) is 1. The fourth-order valence-corrected chi connectivity index (χ4v) is 3.13. The van der Waals surface area contributed by atoms with Crippen LogP contribution in [0, 0.1) is 12.7 Å². The lowest BCUT2D eigenvalue weighted by Crippen LogP contribution is -2.15. The van der Waals surface area contributed by atoms with Crippen molar-refractivity contribution in [1.29, 1.82) is 0 Å². The van der Waals surface area contributed by atoms with E-state index in [4.69, 9.17) is 0 Å². The Kier molecular flexibility index (Phi) is 5.83. The maximum absolute atomic E-state index is 12.8. The van der Waals surface area contributed by atoms with Crippen LogP contribution in [0.5, 0.6) is 0 Å². The lowest BCUT2D eigenvalue weighted by atomic mass is 10.2. The second-order valence-corrected chi connectivity index (χ2v) is 6.66. The van der Waals surface area contributed by atoms with Gasteiger partial charge >= 0.3 is 0 Å². The van der Waals surface area contributed by atoms with E-state index in [2.05, 4.69) is 5.32 Å². The third-order valence-electron chi connectivity index (χ3n) is 3.09. The second-order valence-electron chi connectivity index (χ2n) is 5.08. The molecule has 0 aliphatic heterocycles. The molecule has 1 N–H and O–H groups in total. The minimum Gasteiger partial charge on any atom is -0.326 e. The predicted octanol–water partition coefficient (Wildman–Crippen LogP) is 3.41. The van der Waals surface area contributed by atoms with Crippen molar-refractivity contribution in [2.75, 3.05) is 11.1 Å². The van der Waals surface area contributed by atoms with Gasteiger partial charge in [-0.25, -0.2) is 4.39 Å². The van der Waals surface area contributed by atoms with Crippen LogP contribution in [0.2, 0.25) is 0 Å². The highest BCUT2D eigenvalue weighted by Crippen LogP contribution is 2.10. The molecule has 0 saturated heterocycles. The first kappa shape index (κ1) is 16.4. The highest BCUT2D eigenvalue weighted by Gasteiger charge is 2.07. The Morgan fingerprint density at radius 3 is 2.59 bits per heavy atom. The standard InChI is InChI=1S/C17H18FNO2S/c1-13-3-2-4-14(11-13)12-22(21)10-9-17(20)19-16-7-5-15(18)6-8-16/h2-8,11H,9-10,12H2,1H3,(H,19,20)/t22-/m1/s1. The number of nitrogens with one attached hydrogen (secondary N) is 1. The minimum absolute atomic E-state index is 0.176. The molecule has 22 heavy (non-hydrogen) atoms. The molecule has 2 aromatic carbocycles. The van der Waals surface area contributed by atoms with Gasteiger partial charge in [0.1, 0.15) is 5.82 Å². The first-order valence-electron chi connectivity index (χ1n) is 6.99. The molecule has 0 aliphatic rings. The number of rotatable bonds is 6. The van der Waals surface area contributed by atoms with Crippen molar-refractivity contribution in [2.45, 2.75) is 19.1 Å². The first-order valence-corrected chi connectivity index (χ1v) is 8.47. The molecule has 5 heteroatoms. The average molecular weight is 319 g/mol. The van der Waals surface area contributed by atoms with Gasteiger partial charge in [0, 0.05) is 34.4 Å². The van der Waals surface area contributed by atoms with Crippen LogP contribution >= 0.6 is 0 Å². The summed E-state index contributed by atoms with van der Waals surface area (Å²) in [5.74, 6) is 0.188. The topological polar surface area (TPSA) is 46.2 Å². The molecule has 2 aromatic rings. The maximum Gasteiger partial charge on any atom is 0.225 e. The summed E-state index contributed by atoms with van der Waals surface area (Å²) in [6.07, 6.45) is 0.176. The summed E-state index contributed by atoms with van der Waals surface area (Å²) in [4.78, 5) is 11.8. The van der Waals surface area contributed by atoms with E-state index >= 15 is 0 Å². The molecule has 2 rings (SSSR count). The molecule has 0 fully saturated rings. The summed E-state index contributed by atoms with van der Waals surface area (Å²) in [5.41, 5.74) is 2.68. The van der Waals surface area contributed by atoms with Crippen LogP contribution in [0.4, 0.5) is 10.1 Å². The maximum atomic E-state index is 12.8. The van der Waals surface area contributed by atoms with E-state index in [1.54, 1.807) is 0 Å². The van der Waals surface area contributed by atoms with E-state index in [0.717, 1.165) is 11.1 Å². The molecule has 0 saturated carbocycles. The summed E-state index contributed by atoms with van der Waals surface area (Å²) >= 11 is 0. The molecular formula is C17H18FNO2S. The zero-order valence-electron chi connectivity index (χ0n) is 12.3. The molecule has 0 unspecified atom stereocenters. The third kappa shape index (κ3) is 5.41. The van der Waals surface area contributed by atoms with Crippen molar-refractivity contribution in [2.24, 2.45) is 0 Å². The summed E-state index contributed by atoms with van der Waals surface area (Å²) in [6, 6.07) is 13.4. The van der Waals surface area contributed by atoms with Gasteiger partial charge < -0.3 is 5.32 Å². The summed E-state index contributed by atoms with van der Waals surface area (Å²) < 4.78 is 24.8. The summed E-state index contributed by atoms with van der Waals surface area (Å²) in [7, 11) is -1.08. The highest BCUT2D eigenvalue weighted by atomic mass is 32.2. The zero-order valence-corrected chi connectivity index (χ0v) is 13.2. The van der Waals surface area contributed by atoms with Crippen LogP contribution in [0.15, 0.2) is 48.5 Å². The van der Waals surface area contributed by atoms with Crippen molar-refractivity contribution >= 4 is 22.4 Å². The Morgan fingerprint density at radius 1 is 1.18 bits per heavy atom. The number of aryl methyl sites for hydroxylation is 1. The Hall–Kier alpha value is -2.01. The number of carbonyl (C=O) groups is 1. The van der Waals surface area contributed by atoms with Gasteiger partial charge in [-0.3, -0.25) is 9.00 Å². The van der Waals surface area contributed by atoms with Crippen LogP contribution < -0.4 is 5.32 Å². The molecule has 0 radical (unpaired) electrons. The van der Waals surface area contributed by atoms with Crippen LogP contribution in [0.1, 0.15) is 17.5 Å². The molecule has 0 aromatic heterocycles. The van der Waals surface area contributed by atoms with Crippen LogP contribution in [-0.4, -0.2) is 15.9 Å². The fraction of sp³-hybridized carbons (Fsp3) is 0.235. The van der Waals surface area contributed by atoms with E-state index in [1.165, 1.54) is 24.3 Å². The van der Waals surface area contributed by atoms with Crippen LogP contribution in [-0.2, 0) is 21.3 Å². The lowest BCUT2D eigenvalue weighted by Gasteiger charge is -2.06. The van der Waals surface area contributed by atoms with E-state index in [9.17, 15) is 13.4 Å². The van der Waals surface area contributed by atoms with E-state index < -0.39 is 10.8 Å². The van der Waals surface area contributed by atoms with E-state index in [0.29, 0.717) is 17.2 Å². The van der Waals surface area contributed by atoms with Gasteiger partial charge in [-0.1, -0.05) is 29.8 Å². The van der Waals surface area contributed by atoms with E-state index in [-0.39, 0.29) is 18.1 Å². The predicted molar refractivity (Wildman–Crippen MR) is 87.5 cm³/mol. The van der Waals surface area contributed by atoms with Crippen molar-refractivity contribution < 1.29 is 13.4 Å². The molecule has 0 aliphatic carbocycles. The lowest BCUT2D eigenvalue weighted by molar-refractivity contribution is -0.115. The van der Waals surface area contributed by atoms with Gasteiger partial charge in [0.25, 0.3) is 0 Å². The van der Waals surface area contributed by atoms with Crippen molar-refractivity contribution in [3.05, 3.63) is 65.5 Å². The SMILES string of the molecule is Cc1cccc(C[S@](=O)CCC(=O)Nc2ccc(F)cc2)c1.